The van der Waals surface area contributed by atoms with Crippen molar-refractivity contribution in [2.75, 3.05) is 7.05 Å². The third kappa shape index (κ3) is 3.56. The topological polar surface area (TPSA) is 89.3 Å². The van der Waals surface area contributed by atoms with Crippen LogP contribution in [0.2, 0.25) is 0 Å². The zero-order chi connectivity index (χ0) is 10.6. The Labute approximate surface area is 78.1 Å². The summed E-state index contributed by atoms with van der Waals surface area (Å²) in [6.07, 6.45) is 1.11. The van der Waals surface area contributed by atoms with Gasteiger partial charge < -0.3 is 5.73 Å². The summed E-state index contributed by atoms with van der Waals surface area (Å²) in [5, 5.41) is -1.10. The van der Waals surface area contributed by atoms with E-state index < -0.39 is 21.1 Å². The van der Waals surface area contributed by atoms with Crippen molar-refractivity contribution in [1.29, 1.82) is 0 Å². The lowest BCUT2D eigenvalue weighted by Crippen LogP contribution is -2.34. The molecule has 0 aliphatic rings. The van der Waals surface area contributed by atoms with Gasteiger partial charge in [0.05, 0.1) is 0 Å². The summed E-state index contributed by atoms with van der Waals surface area (Å²) in [4.78, 5) is 11.2. The van der Waals surface area contributed by atoms with Crippen molar-refractivity contribution in [1.82, 2.24) is 4.72 Å². The van der Waals surface area contributed by atoms with E-state index in [-0.39, 0.29) is 0 Å². The van der Waals surface area contributed by atoms with E-state index in [4.69, 9.17) is 5.73 Å². The van der Waals surface area contributed by atoms with Crippen LogP contribution in [0.1, 0.15) is 13.8 Å². The van der Waals surface area contributed by atoms with Crippen molar-refractivity contribution < 1.29 is 13.2 Å². The molecule has 0 aromatic heterocycles. The monoisotopic (exact) mass is 206 g/mol. The van der Waals surface area contributed by atoms with Crippen LogP contribution >= 0.6 is 0 Å². The predicted octanol–water partition coefficient (Wildman–Crippen LogP) is -0.644. The Morgan fingerprint density at radius 1 is 1.54 bits per heavy atom. The molecule has 3 N–H and O–H groups in total. The highest BCUT2D eigenvalue weighted by Crippen LogP contribution is 2.00. The SMILES string of the molecule is CNS(=O)(=O)C(C)C(=O)C=C(C)N. The van der Waals surface area contributed by atoms with E-state index in [1.165, 1.54) is 20.9 Å². The quantitative estimate of drug-likeness (QED) is 0.598. The first-order chi connectivity index (χ1) is 5.81. The molecule has 0 saturated carbocycles. The molecule has 0 saturated heterocycles. The lowest BCUT2D eigenvalue weighted by molar-refractivity contribution is -0.114. The molecule has 0 aromatic rings. The Kier molecular flexibility index (Phi) is 4.09. The van der Waals surface area contributed by atoms with Gasteiger partial charge in [0.25, 0.3) is 0 Å². The smallest absolute Gasteiger partial charge is 0.221 e. The van der Waals surface area contributed by atoms with Gasteiger partial charge in [0.2, 0.25) is 10.0 Å². The molecule has 0 radical (unpaired) electrons. The maximum Gasteiger partial charge on any atom is 0.221 e. The number of hydrogen-bond donors (Lipinski definition) is 2. The zero-order valence-corrected chi connectivity index (χ0v) is 8.68. The Bertz CT molecular complexity index is 315. The van der Waals surface area contributed by atoms with Gasteiger partial charge in [-0.25, -0.2) is 13.1 Å². The Balaban J connectivity index is 4.74. The van der Waals surface area contributed by atoms with E-state index in [0.717, 1.165) is 6.08 Å². The van der Waals surface area contributed by atoms with Gasteiger partial charge in [-0.1, -0.05) is 0 Å². The Morgan fingerprint density at radius 3 is 2.31 bits per heavy atom. The van der Waals surface area contributed by atoms with Crippen molar-refractivity contribution in [3.05, 3.63) is 11.8 Å². The second-order valence-corrected chi connectivity index (χ2v) is 4.89. The molecule has 0 fully saturated rings. The standard InChI is InChI=1S/C7H14N2O3S/c1-5(8)4-7(10)6(2)13(11,12)9-3/h4,6,9H,8H2,1-3H3. The van der Waals surface area contributed by atoms with Crippen molar-refractivity contribution in [3.8, 4) is 0 Å². The molecule has 0 rings (SSSR count). The minimum absolute atomic E-state index is 0.295. The van der Waals surface area contributed by atoms with Crippen molar-refractivity contribution in [3.63, 3.8) is 0 Å². The van der Waals surface area contributed by atoms with Crippen LogP contribution in [-0.2, 0) is 14.8 Å². The third-order valence-corrected chi connectivity index (χ3v) is 3.25. The van der Waals surface area contributed by atoms with Crippen LogP contribution in [0.4, 0.5) is 0 Å². The number of rotatable bonds is 4. The fourth-order valence-corrected chi connectivity index (χ4v) is 1.40. The highest BCUT2D eigenvalue weighted by molar-refractivity contribution is 7.90. The summed E-state index contributed by atoms with van der Waals surface area (Å²) in [5.41, 5.74) is 5.54. The largest absolute Gasteiger partial charge is 0.402 e. The van der Waals surface area contributed by atoms with E-state index in [1.54, 1.807) is 0 Å². The molecule has 0 amide bonds. The van der Waals surface area contributed by atoms with Gasteiger partial charge in [0.15, 0.2) is 5.78 Å². The summed E-state index contributed by atoms with van der Waals surface area (Å²) in [5.74, 6) is -0.519. The molecule has 0 heterocycles. The van der Waals surface area contributed by atoms with E-state index in [0.29, 0.717) is 5.70 Å². The molecule has 0 aliphatic heterocycles. The summed E-state index contributed by atoms with van der Waals surface area (Å²) < 4.78 is 24.3. The van der Waals surface area contributed by atoms with Gasteiger partial charge in [-0.05, 0) is 20.9 Å². The second-order valence-electron chi connectivity index (χ2n) is 2.68. The summed E-state index contributed by atoms with van der Waals surface area (Å²) in [6, 6.07) is 0. The molecule has 0 spiro atoms. The van der Waals surface area contributed by atoms with Crippen LogP contribution in [-0.4, -0.2) is 26.5 Å². The number of hydrogen-bond acceptors (Lipinski definition) is 4. The molecule has 1 unspecified atom stereocenters. The van der Waals surface area contributed by atoms with Gasteiger partial charge in [-0.2, -0.15) is 0 Å². The second kappa shape index (κ2) is 4.38. The van der Waals surface area contributed by atoms with E-state index in [2.05, 4.69) is 4.72 Å². The molecule has 6 heteroatoms. The number of sulfonamides is 1. The first-order valence-electron chi connectivity index (χ1n) is 3.71. The van der Waals surface area contributed by atoms with Crippen LogP contribution in [0, 0.1) is 0 Å². The Morgan fingerprint density at radius 2 is 2.00 bits per heavy atom. The van der Waals surface area contributed by atoms with Gasteiger partial charge in [0, 0.05) is 11.8 Å². The minimum atomic E-state index is -3.54. The fourth-order valence-electron chi connectivity index (χ4n) is 0.671. The zero-order valence-electron chi connectivity index (χ0n) is 7.87. The molecule has 76 valence electrons. The molecule has 13 heavy (non-hydrogen) atoms. The normalized spacial score (nSPS) is 15.5. The molecular formula is C7H14N2O3S. The summed E-state index contributed by atoms with van der Waals surface area (Å²) in [6.45, 7) is 2.84. The van der Waals surface area contributed by atoms with Crippen LogP contribution in [0.3, 0.4) is 0 Å². The van der Waals surface area contributed by atoms with E-state index >= 15 is 0 Å². The van der Waals surface area contributed by atoms with Crippen molar-refractivity contribution in [2.24, 2.45) is 5.73 Å². The Hall–Kier alpha value is -0.880. The summed E-state index contributed by atoms with van der Waals surface area (Å²) in [7, 11) is -2.28. The third-order valence-electron chi connectivity index (χ3n) is 1.52. The maximum atomic E-state index is 11.2. The lowest BCUT2D eigenvalue weighted by Gasteiger charge is -2.07. The fraction of sp³-hybridized carbons (Fsp3) is 0.571. The van der Waals surface area contributed by atoms with Crippen molar-refractivity contribution in [2.45, 2.75) is 19.1 Å². The number of nitrogens with one attached hydrogen (secondary N) is 1. The number of carbonyl (C=O) groups excluding carboxylic acids is 1. The van der Waals surface area contributed by atoms with Gasteiger partial charge in [-0.15, -0.1) is 0 Å². The highest BCUT2D eigenvalue weighted by Gasteiger charge is 2.24. The van der Waals surface area contributed by atoms with Crippen LogP contribution in [0.25, 0.3) is 0 Å². The molecular weight excluding hydrogens is 192 g/mol. The van der Waals surface area contributed by atoms with Gasteiger partial charge in [-0.3, -0.25) is 4.79 Å². The minimum Gasteiger partial charge on any atom is -0.402 e. The molecule has 0 aromatic carbocycles. The number of nitrogens with two attached hydrogens (primary N) is 1. The number of allylic oxidation sites excluding steroid dienone is 2. The van der Waals surface area contributed by atoms with Crippen LogP contribution < -0.4 is 10.5 Å². The lowest BCUT2D eigenvalue weighted by atomic mass is 10.2. The van der Waals surface area contributed by atoms with Crippen LogP contribution in [0.15, 0.2) is 11.8 Å². The average Bonchev–Trinajstić information content (AvgIpc) is 2.01. The molecule has 0 aliphatic carbocycles. The summed E-state index contributed by atoms with van der Waals surface area (Å²) >= 11 is 0. The van der Waals surface area contributed by atoms with Crippen LogP contribution in [0.5, 0.6) is 0 Å². The molecule has 1 atom stereocenters. The highest BCUT2D eigenvalue weighted by atomic mass is 32.2. The first-order valence-corrected chi connectivity index (χ1v) is 5.26. The molecule has 0 bridgehead atoms. The average molecular weight is 206 g/mol. The van der Waals surface area contributed by atoms with Gasteiger partial charge in [0.1, 0.15) is 5.25 Å². The molecule has 5 nitrogen and oxygen atoms in total. The van der Waals surface area contributed by atoms with E-state index in [1.807, 2.05) is 0 Å². The van der Waals surface area contributed by atoms with Crippen molar-refractivity contribution >= 4 is 15.8 Å². The number of ketones is 1. The number of carbonyl (C=O) groups is 1. The first kappa shape index (κ1) is 12.1. The van der Waals surface area contributed by atoms with Gasteiger partial charge >= 0.3 is 0 Å². The predicted molar refractivity (Wildman–Crippen MR) is 50.4 cm³/mol. The maximum absolute atomic E-state index is 11.2. The van der Waals surface area contributed by atoms with E-state index in [9.17, 15) is 13.2 Å².